The third-order valence-corrected chi connectivity index (χ3v) is 4.48. The highest BCUT2D eigenvalue weighted by Gasteiger charge is 2.15. The van der Waals surface area contributed by atoms with Gasteiger partial charge in [-0.1, -0.05) is 53.7 Å². The Morgan fingerprint density at radius 3 is 1.36 bits per heavy atom. The number of hydrogen-bond donors (Lipinski definition) is 0. The highest BCUT2D eigenvalue weighted by Crippen LogP contribution is 2.22. The molecule has 0 saturated carbocycles. The zero-order chi connectivity index (χ0) is 20.9. The largest absolute Gasteiger partial charge is 0.462 e. The zero-order valence-electron chi connectivity index (χ0n) is 17.9. The van der Waals surface area contributed by atoms with E-state index in [-0.39, 0.29) is 22.8 Å². The summed E-state index contributed by atoms with van der Waals surface area (Å²) in [6.07, 6.45) is 1.63. The normalized spacial score (nSPS) is 12.1. The Hall–Kier alpha value is -2.36. The van der Waals surface area contributed by atoms with E-state index in [9.17, 15) is 9.59 Å². The molecule has 0 amide bonds. The number of ether oxygens (including phenoxy) is 2. The Morgan fingerprint density at radius 2 is 1.04 bits per heavy atom. The van der Waals surface area contributed by atoms with E-state index in [1.807, 2.05) is 12.1 Å². The van der Waals surface area contributed by atoms with Crippen molar-refractivity contribution in [3.8, 4) is 0 Å². The van der Waals surface area contributed by atoms with Crippen molar-refractivity contribution < 1.29 is 19.1 Å². The summed E-state index contributed by atoms with van der Waals surface area (Å²) in [4.78, 5) is 24.5. The van der Waals surface area contributed by atoms with Crippen LogP contribution < -0.4 is 0 Å². The van der Waals surface area contributed by atoms with Crippen LogP contribution in [-0.2, 0) is 9.47 Å². The first-order valence-electron chi connectivity index (χ1n) is 9.83. The number of fused-ring (bicyclic) bond motifs is 1. The van der Waals surface area contributed by atoms with Gasteiger partial charge in [0.2, 0.25) is 0 Å². The Morgan fingerprint density at radius 1 is 0.679 bits per heavy atom. The van der Waals surface area contributed by atoms with Gasteiger partial charge in [-0.05, 0) is 58.7 Å². The molecule has 0 saturated heterocycles. The molecule has 0 fully saturated rings. The fourth-order valence-electron chi connectivity index (χ4n) is 2.57. The van der Waals surface area contributed by atoms with Crippen molar-refractivity contribution in [1.29, 1.82) is 0 Å². The predicted octanol–water partition coefficient (Wildman–Crippen LogP) is 6.03. The van der Waals surface area contributed by atoms with Gasteiger partial charge in [-0.25, -0.2) is 9.59 Å². The molecule has 0 aliphatic heterocycles. The summed E-state index contributed by atoms with van der Waals surface area (Å²) >= 11 is 0. The van der Waals surface area contributed by atoms with Crippen LogP contribution in [0.2, 0.25) is 0 Å². The van der Waals surface area contributed by atoms with Crippen LogP contribution in [0.5, 0.6) is 0 Å². The summed E-state index contributed by atoms with van der Waals surface area (Å²) in [6, 6.07) is 10.7. The molecule has 0 N–H and O–H groups in total. The molecule has 2 rings (SSSR count). The van der Waals surface area contributed by atoms with Gasteiger partial charge in [0.25, 0.3) is 0 Å². The second kappa shape index (κ2) is 8.76. The summed E-state index contributed by atoms with van der Waals surface area (Å²) in [5.74, 6) is -0.645. The lowest BCUT2D eigenvalue weighted by Crippen LogP contribution is -2.13. The molecule has 2 aromatic rings. The quantitative estimate of drug-likeness (QED) is 0.571. The van der Waals surface area contributed by atoms with Crippen LogP contribution in [0.4, 0.5) is 0 Å². The van der Waals surface area contributed by atoms with E-state index in [2.05, 4.69) is 41.5 Å². The van der Waals surface area contributed by atoms with Gasteiger partial charge in [0.05, 0.1) is 24.3 Å². The minimum absolute atomic E-state index is 0.127. The molecular formula is C24H32O4. The van der Waals surface area contributed by atoms with Gasteiger partial charge >= 0.3 is 11.9 Å². The number of carbonyl (C=O) groups excluding carboxylic acids is 2. The SMILES string of the molecule is CC(C)(C)CCOC(=O)c1ccc2cc(C(=O)OCCC(C)(C)C)ccc2c1. The third kappa shape index (κ3) is 6.99. The molecule has 0 aliphatic carbocycles. The van der Waals surface area contributed by atoms with Gasteiger partial charge in [0, 0.05) is 0 Å². The first-order valence-corrected chi connectivity index (χ1v) is 9.83. The molecule has 0 aromatic heterocycles. The van der Waals surface area contributed by atoms with Gasteiger partial charge in [-0.2, -0.15) is 0 Å². The van der Waals surface area contributed by atoms with E-state index in [4.69, 9.17) is 9.47 Å². The lowest BCUT2D eigenvalue weighted by atomic mass is 9.93. The Balaban J connectivity index is 2.03. The Kier molecular flexibility index (Phi) is 6.87. The summed E-state index contributed by atoms with van der Waals surface area (Å²) in [6.45, 7) is 13.5. The smallest absolute Gasteiger partial charge is 0.338 e. The van der Waals surface area contributed by atoms with Crippen molar-refractivity contribution in [2.24, 2.45) is 10.8 Å². The van der Waals surface area contributed by atoms with Gasteiger partial charge in [0.1, 0.15) is 0 Å². The molecule has 0 spiro atoms. The van der Waals surface area contributed by atoms with E-state index >= 15 is 0 Å². The molecule has 152 valence electrons. The van der Waals surface area contributed by atoms with Crippen molar-refractivity contribution in [2.75, 3.05) is 13.2 Å². The topological polar surface area (TPSA) is 52.6 Å². The molecule has 0 aliphatic rings. The first kappa shape index (κ1) is 21.9. The maximum absolute atomic E-state index is 12.3. The average molecular weight is 385 g/mol. The van der Waals surface area contributed by atoms with Crippen molar-refractivity contribution in [3.63, 3.8) is 0 Å². The van der Waals surface area contributed by atoms with Crippen LogP contribution in [0.1, 0.15) is 75.1 Å². The minimum Gasteiger partial charge on any atom is -0.462 e. The number of esters is 2. The fraction of sp³-hybridized carbons (Fsp3) is 0.500. The van der Waals surface area contributed by atoms with Gasteiger partial charge < -0.3 is 9.47 Å². The molecule has 0 atom stereocenters. The van der Waals surface area contributed by atoms with E-state index in [1.54, 1.807) is 24.3 Å². The lowest BCUT2D eigenvalue weighted by Gasteiger charge is -2.17. The minimum atomic E-state index is -0.322. The third-order valence-electron chi connectivity index (χ3n) is 4.48. The van der Waals surface area contributed by atoms with Crippen molar-refractivity contribution >= 4 is 22.7 Å². The average Bonchev–Trinajstić information content (AvgIpc) is 2.58. The van der Waals surface area contributed by atoms with Crippen LogP contribution in [0.15, 0.2) is 36.4 Å². The fourth-order valence-corrected chi connectivity index (χ4v) is 2.57. The van der Waals surface area contributed by atoms with Crippen LogP contribution in [0.3, 0.4) is 0 Å². The van der Waals surface area contributed by atoms with Crippen molar-refractivity contribution in [3.05, 3.63) is 47.5 Å². The maximum Gasteiger partial charge on any atom is 0.338 e. The first-order chi connectivity index (χ1) is 12.9. The number of benzene rings is 2. The second-order valence-corrected chi connectivity index (χ2v) is 9.67. The molecule has 4 nitrogen and oxygen atoms in total. The summed E-state index contributed by atoms with van der Waals surface area (Å²) in [5.41, 5.74) is 1.28. The number of hydrogen-bond acceptors (Lipinski definition) is 4. The highest BCUT2D eigenvalue weighted by molar-refractivity contribution is 5.99. The van der Waals surface area contributed by atoms with Crippen LogP contribution in [0.25, 0.3) is 10.8 Å². The highest BCUT2D eigenvalue weighted by atomic mass is 16.5. The van der Waals surface area contributed by atoms with Crippen molar-refractivity contribution in [1.82, 2.24) is 0 Å². The molecule has 0 unspecified atom stereocenters. The molecule has 2 aromatic carbocycles. The molecular weight excluding hydrogens is 352 g/mol. The van der Waals surface area contributed by atoms with E-state index in [1.165, 1.54) is 0 Å². The van der Waals surface area contributed by atoms with Crippen LogP contribution in [0, 0.1) is 10.8 Å². The van der Waals surface area contributed by atoms with Crippen LogP contribution in [-0.4, -0.2) is 25.2 Å². The van der Waals surface area contributed by atoms with E-state index < -0.39 is 0 Å². The molecule has 0 bridgehead atoms. The Bertz CT molecular complexity index is 767. The predicted molar refractivity (Wildman–Crippen MR) is 113 cm³/mol. The molecule has 0 radical (unpaired) electrons. The number of rotatable bonds is 6. The molecule has 0 heterocycles. The maximum atomic E-state index is 12.3. The Labute approximate surface area is 168 Å². The van der Waals surface area contributed by atoms with E-state index in [0.717, 1.165) is 23.6 Å². The van der Waals surface area contributed by atoms with E-state index in [0.29, 0.717) is 24.3 Å². The summed E-state index contributed by atoms with van der Waals surface area (Å²) in [5, 5.41) is 1.77. The van der Waals surface area contributed by atoms with Crippen LogP contribution >= 0.6 is 0 Å². The second-order valence-electron chi connectivity index (χ2n) is 9.67. The molecule has 28 heavy (non-hydrogen) atoms. The summed E-state index contributed by atoms with van der Waals surface area (Å²) < 4.78 is 10.7. The monoisotopic (exact) mass is 384 g/mol. The van der Waals surface area contributed by atoms with Gasteiger partial charge in [0.15, 0.2) is 0 Å². The lowest BCUT2D eigenvalue weighted by molar-refractivity contribution is 0.0454. The zero-order valence-corrected chi connectivity index (χ0v) is 17.9. The van der Waals surface area contributed by atoms with Gasteiger partial charge in [-0.15, -0.1) is 0 Å². The molecule has 4 heteroatoms. The van der Waals surface area contributed by atoms with Crippen molar-refractivity contribution in [2.45, 2.75) is 54.4 Å². The summed E-state index contributed by atoms with van der Waals surface area (Å²) in [7, 11) is 0. The van der Waals surface area contributed by atoms with Gasteiger partial charge in [-0.3, -0.25) is 0 Å². The standard InChI is InChI=1S/C24H32O4/c1-23(2,3)11-13-27-21(25)19-9-7-18-16-20(10-8-17(18)15-19)22(26)28-14-12-24(4,5)6/h7-10,15-16H,11-14H2,1-6H3. The number of carbonyl (C=O) groups is 2.